The second kappa shape index (κ2) is 16.3. The van der Waals surface area contributed by atoms with E-state index in [-0.39, 0.29) is 24.8 Å². The fraction of sp³-hybridized carbons (Fsp3) is 0.222. The maximum atomic E-state index is 2.50. The van der Waals surface area contributed by atoms with Crippen LogP contribution in [0.5, 0.6) is 0 Å². The molecule has 0 aliphatic rings. The summed E-state index contributed by atoms with van der Waals surface area (Å²) in [5.74, 6) is 0. The highest BCUT2D eigenvalue weighted by molar-refractivity contribution is 7.93. The normalized spacial score (nSPS) is 11.0. The lowest BCUT2D eigenvalue weighted by molar-refractivity contribution is 1.34. The Hall–Kier alpha value is -2.20. The minimum Gasteiger partial charge on any atom is -0.147 e. The third-order valence-electron chi connectivity index (χ3n) is 7.49. The molecule has 0 saturated heterocycles. The Morgan fingerprint density at radius 3 is 0.850 bits per heavy atom. The molecule has 4 rings (SSSR count). The van der Waals surface area contributed by atoms with Gasteiger partial charge in [-0.1, -0.05) is 83.9 Å². The van der Waals surface area contributed by atoms with Crippen molar-refractivity contribution in [2.45, 2.75) is 27.7 Å². The number of allylic oxidation sites excluding steroid dienone is 4. The lowest BCUT2D eigenvalue weighted by Gasteiger charge is -2.32. The Morgan fingerprint density at radius 2 is 0.650 bits per heavy atom. The van der Waals surface area contributed by atoms with Crippen LogP contribution in [0.1, 0.15) is 27.7 Å². The molecule has 0 aliphatic carbocycles. The molecule has 0 saturated carbocycles. The van der Waals surface area contributed by atoms with Gasteiger partial charge in [0.25, 0.3) is 0 Å². The highest BCUT2D eigenvalue weighted by Crippen LogP contribution is 2.64. The van der Waals surface area contributed by atoms with Crippen molar-refractivity contribution < 1.29 is 0 Å². The molecule has 4 aromatic rings. The van der Waals surface area contributed by atoms with E-state index in [0.717, 1.165) is 12.3 Å². The van der Waals surface area contributed by atoms with Gasteiger partial charge in [0.05, 0.1) is 48.1 Å². The van der Waals surface area contributed by atoms with Crippen LogP contribution >= 0.6 is 39.3 Å². The van der Waals surface area contributed by atoms with Gasteiger partial charge in [0, 0.05) is 0 Å². The topological polar surface area (TPSA) is 0 Å². The SMILES string of the molecule is CC(C)=CC[P+](CC[P+](CC=C(C)C)(c1ccccc1)c1ccccc1)(c1ccccc1)c1ccccc1.Cl.Cl. The van der Waals surface area contributed by atoms with Gasteiger partial charge in [-0.05, 0) is 88.4 Å². The average molecular weight is 610 g/mol. The van der Waals surface area contributed by atoms with E-state index in [1.807, 2.05) is 0 Å². The van der Waals surface area contributed by atoms with Crippen LogP contribution in [0.15, 0.2) is 145 Å². The third kappa shape index (κ3) is 8.18. The van der Waals surface area contributed by atoms with Crippen molar-refractivity contribution in [3.8, 4) is 0 Å². The number of benzene rings is 4. The van der Waals surface area contributed by atoms with Gasteiger partial charge in [0.2, 0.25) is 0 Å². The molecule has 4 heteroatoms. The second-order valence-electron chi connectivity index (χ2n) is 10.7. The van der Waals surface area contributed by atoms with Crippen LogP contribution in [0.2, 0.25) is 0 Å². The van der Waals surface area contributed by atoms with E-state index < -0.39 is 14.5 Å². The van der Waals surface area contributed by atoms with E-state index in [1.165, 1.54) is 44.7 Å². The molecule has 0 aliphatic heterocycles. The van der Waals surface area contributed by atoms with E-state index in [1.54, 1.807) is 0 Å². The molecule has 0 spiro atoms. The zero-order valence-electron chi connectivity index (χ0n) is 24.2. The minimum absolute atomic E-state index is 0. The first-order valence-corrected chi connectivity index (χ1v) is 18.0. The fourth-order valence-electron chi connectivity index (χ4n) is 5.29. The molecule has 0 nitrogen and oxygen atoms in total. The van der Waals surface area contributed by atoms with Gasteiger partial charge >= 0.3 is 0 Å². The zero-order valence-corrected chi connectivity index (χ0v) is 27.7. The summed E-state index contributed by atoms with van der Waals surface area (Å²) in [4.78, 5) is 0. The zero-order chi connectivity index (χ0) is 26.8. The minimum atomic E-state index is -1.71. The van der Waals surface area contributed by atoms with E-state index in [9.17, 15) is 0 Å². The van der Waals surface area contributed by atoms with E-state index in [2.05, 4.69) is 161 Å². The van der Waals surface area contributed by atoms with Gasteiger partial charge in [-0.15, -0.1) is 24.8 Å². The Balaban J connectivity index is 0.00000280. The predicted octanol–water partition coefficient (Wildman–Crippen LogP) is 9.10. The van der Waals surface area contributed by atoms with Crippen LogP contribution in [0.4, 0.5) is 0 Å². The molecule has 0 N–H and O–H groups in total. The Labute approximate surface area is 256 Å². The average Bonchev–Trinajstić information content (AvgIpc) is 2.96. The summed E-state index contributed by atoms with van der Waals surface area (Å²) in [5.41, 5.74) is 2.80. The van der Waals surface area contributed by atoms with Gasteiger partial charge in [0.15, 0.2) is 0 Å². The summed E-state index contributed by atoms with van der Waals surface area (Å²) >= 11 is 0. The first kappa shape index (κ1) is 34.0. The molecule has 0 bridgehead atoms. The van der Waals surface area contributed by atoms with Gasteiger partial charge in [-0.25, -0.2) is 0 Å². The molecule has 0 amide bonds. The van der Waals surface area contributed by atoms with Crippen LogP contribution in [-0.4, -0.2) is 24.6 Å². The Morgan fingerprint density at radius 1 is 0.425 bits per heavy atom. The lowest BCUT2D eigenvalue weighted by Crippen LogP contribution is -2.33. The highest BCUT2D eigenvalue weighted by atomic mass is 35.5. The second-order valence-corrected chi connectivity index (χ2v) is 18.2. The Bertz CT molecular complexity index is 1140. The van der Waals surface area contributed by atoms with Crippen LogP contribution < -0.4 is 21.2 Å². The standard InChI is InChI=1S/C36H42P2.2ClH/c1-31(2)25-27-37(33-17-9-5-10-18-33,34-19-11-6-12-20-34)29-30-38(28-26-32(3)4,35-21-13-7-14-22-35)36-23-15-8-16-24-36;;/h5-26H,27-30H2,1-4H3;2*1H/q+2;;. The van der Waals surface area contributed by atoms with Crippen molar-refractivity contribution in [3.05, 3.63) is 145 Å². The number of rotatable bonds is 11. The monoisotopic (exact) mass is 608 g/mol. The molecule has 0 atom stereocenters. The number of halogens is 2. The first-order valence-electron chi connectivity index (χ1n) is 13.7. The number of hydrogen-bond donors (Lipinski definition) is 0. The quantitative estimate of drug-likeness (QED) is 0.118. The first-order chi connectivity index (χ1) is 18.5. The van der Waals surface area contributed by atoms with E-state index >= 15 is 0 Å². The van der Waals surface area contributed by atoms with Crippen molar-refractivity contribution >= 4 is 60.6 Å². The molecule has 0 fully saturated rings. The predicted molar refractivity (Wildman–Crippen MR) is 191 cm³/mol. The van der Waals surface area contributed by atoms with Gasteiger partial charge in [-0.2, -0.15) is 0 Å². The molecule has 0 heterocycles. The van der Waals surface area contributed by atoms with Crippen LogP contribution in [0.3, 0.4) is 0 Å². The third-order valence-corrected chi connectivity index (χ3v) is 16.6. The Kier molecular flexibility index (Phi) is 13.9. The summed E-state index contributed by atoms with van der Waals surface area (Å²) in [6, 6.07) is 45.6. The molecule has 0 radical (unpaired) electrons. The molecular weight excluding hydrogens is 565 g/mol. The van der Waals surface area contributed by atoms with Crippen molar-refractivity contribution in [3.63, 3.8) is 0 Å². The molecule has 0 unspecified atom stereocenters. The summed E-state index contributed by atoms with van der Waals surface area (Å²) in [5, 5.41) is 6.07. The molecule has 40 heavy (non-hydrogen) atoms. The van der Waals surface area contributed by atoms with Crippen molar-refractivity contribution in [2.75, 3.05) is 24.6 Å². The summed E-state index contributed by atoms with van der Waals surface area (Å²) in [7, 11) is -3.42. The molecular formula is C36H44Cl2P2+2. The largest absolute Gasteiger partial charge is 0.147 e. The van der Waals surface area contributed by atoms with E-state index in [4.69, 9.17) is 0 Å². The van der Waals surface area contributed by atoms with Gasteiger partial charge in [-0.3, -0.25) is 0 Å². The van der Waals surface area contributed by atoms with Crippen molar-refractivity contribution in [2.24, 2.45) is 0 Å². The maximum absolute atomic E-state index is 2.50. The summed E-state index contributed by atoms with van der Waals surface area (Å²) in [6.45, 7) is 8.96. The smallest absolute Gasteiger partial charge is 0.103 e. The summed E-state index contributed by atoms with van der Waals surface area (Å²) < 4.78 is 0. The van der Waals surface area contributed by atoms with Crippen LogP contribution in [0.25, 0.3) is 0 Å². The molecule has 4 aromatic carbocycles. The van der Waals surface area contributed by atoms with Gasteiger partial charge < -0.3 is 0 Å². The maximum Gasteiger partial charge on any atom is 0.103 e. The molecule has 0 aromatic heterocycles. The van der Waals surface area contributed by atoms with Gasteiger partial charge in [0.1, 0.15) is 12.3 Å². The summed E-state index contributed by atoms with van der Waals surface area (Å²) in [6.07, 6.45) is 9.59. The van der Waals surface area contributed by atoms with Crippen LogP contribution in [0, 0.1) is 0 Å². The van der Waals surface area contributed by atoms with E-state index in [0.29, 0.717) is 0 Å². The van der Waals surface area contributed by atoms with Crippen molar-refractivity contribution in [1.82, 2.24) is 0 Å². The highest BCUT2D eigenvalue weighted by Gasteiger charge is 2.49. The van der Waals surface area contributed by atoms with Crippen LogP contribution in [-0.2, 0) is 0 Å². The molecule has 210 valence electrons. The van der Waals surface area contributed by atoms with Crippen molar-refractivity contribution in [1.29, 1.82) is 0 Å². The lowest BCUT2D eigenvalue weighted by atomic mass is 10.3. The number of hydrogen-bond acceptors (Lipinski definition) is 0. The fourth-order valence-corrected chi connectivity index (χ4v) is 15.2.